The van der Waals surface area contributed by atoms with Crippen molar-refractivity contribution in [3.8, 4) is 5.75 Å². The van der Waals surface area contributed by atoms with E-state index in [9.17, 15) is 14.2 Å². The van der Waals surface area contributed by atoms with Gasteiger partial charge < -0.3 is 15.2 Å². The molecule has 194 valence electrons. The fourth-order valence-electron chi connectivity index (χ4n) is 4.30. The minimum Gasteiger partial charge on any atom is -0.423 e. The SMILES string of the molecule is O=C(NC1CCN(CP2(=O)OCc3ccccc3O2)CC1)c1[nH]ncc1NC(=O)c1c(Cl)cccc1Cl. The Labute approximate surface area is 223 Å². The van der Waals surface area contributed by atoms with E-state index < -0.39 is 19.4 Å². The van der Waals surface area contributed by atoms with Crippen LogP contribution in [0.5, 0.6) is 5.75 Å². The number of rotatable bonds is 6. The molecule has 1 aromatic heterocycles. The van der Waals surface area contributed by atoms with Crippen LogP contribution in [0, 0.1) is 0 Å². The fourth-order valence-corrected chi connectivity index (χ4v) is 6.65. The second-order valence-corrected chi connectivity index (χ2v) is 11.6. The number of carbonyl (C=O) groups excluding carboxylic acids is 2. The molecule has 37 heavy (non-hydrogen) atoms. The average molecular weight is 564 g/mol. The van der Waals surface area contributed by atoms with Crippen LogP contribution in [-0.2, 0) is 15.7 Å². The first kappa shape index (κ1) is 25.8. The largest absolute Gasteiger partial charge is 0.423 e. The van der Waals surface area contributed by atoms with Crippen molar-refractivity contribution in [2.45, 2.75) is 25.5 Å². The van der Waals surface area contributed by atoms with Crippen molar-refractivity contribution in [2.75, 3.05) is 24.7 Å². The number of H-pyrrole nitrogens is 1. The summed E-state index contributed by atoms with van der Waals surface area (Å²) in [7, 11) is -3.29. The van der Waals surface area contributed by atoms with Gasteiger partial charge in [-0.2, -0.15) is 5.10 Å². The molecular formula is C24H24Cl2N5O5P. The number of halogens is 2. The predicted molar refractivity (Wildman–Crippen MR) is 139 cm³/mol. The van der Waals surface area contributed by atoms with Gasteiger partial charge in [0, 0.05) is 24.7 Å². The summed E-state index contributed by atoms with van der Waals surface area (Å²) in [6.45, 7) is 1.48. The first-order valence-corrected chi connectivity index (χ1v) is 14.1. The maximum absolute atomic E-state index is 13.1. The Kier molecular flexibility index (Phi) is 7.55. The molecule has 3 heterocycles. The maximum Gasteiger partial charge on any atom is 0.393 e. The number of piperidine rings is 1. The summed E-state index contributed by atoms with van der Waals surface area (Å²) in [5, 5.41) is 12.5. The van der Waals surface area contributed by atoms with Crippen LogP contribution in [0.1, 0.15) is 39.3 Å². The summed E-state index contributed by atoms with van der Waals surface area (Å²) in [6.07, 6.45) is 2.82. The first-order chi connectivity index (χ1) is 17.8. The highest BCUT2D eigenvalue weighted by Gasteiger charge is 2.35. The number of anilines is 1. The molecule has 0 radical (unpaired) electrons. The maximum atomic E-state index is 13.1. The number of fused-ring (bicyclic) bond motifs is 1. The molecule has 1 atom stereocenters. The molecular weight excluding hydrogens is 540 g/mol. The van der Waals surface area contributed by atoms with Crippen LogP contribution in [0.4, 0.5) is 5.69 Å². The molecule has 2 aliphatic heterocycles. The Morgan fingerprint density at radius 1 is 1.08 bits per heavy atom. The molecule has 2 aliphatic rings. The van der Waals surface area contributed by atoms with Gasteiger partial charge in [0.1, 0.15) is 17.7 Å². The number of nitrogens with zero attached hydrogens (tertiary/aromatic N) is 2. The lowest BCUT2D eigenvalue weighted by Crippen LogP contribution is -2.45. The fraction of sp³-hybridized carbons (Fsp3) is 0.292. The van der Waals surface area contributed by atoms with Gasteiger partial charge in [-0.1, -0.05) is 47.5 Å². The zero-order chi connectivity index (χ0) is 26.0. The van der Waals surface area contributed by atoms with Gasteiger partial charge in [0.2, 0.25) is 0 Å². The van der Waals surface area contributed by atoms with Gasteiger partial charge in [0.15, 0.2) is 0 Å². The molecule has 3 aromatic rings. The molecule has 10 nitrogen and oxygen atoms in total. The van der Waals surface area contributed by atoms with Crippen molar-refractivity contribution < 1.29 is 23.2 Å². The summed E-state index contributed by atoms with van der Waals surface area (Å²) in [6, 6.07) is 12.0. The van der Waals surface area contributed by atoms with Crippen molar-refractivity contribution >= 4 is 48.3 Å². The smallest absolute Gasteiger partial charge is 0.393 e. The van der Waals surface area contributed by atoms with E-state index in [-0.39, 0.29) is 45.9 Å². The monoisotopic (exact) mass is 563 g/mol. The van der Waals surface area contributed by atoms with Gasteiger partial charge in [-0.15, -0.1) is 0 Å². The minimum atomic E-state index is -3.29. The van der Waals surface area contributed by atoms with E-state index in [2.05, 4.69) is 20.8 Å². The highest BCUT2D eigenvalue weighted by molar-refractivity contribution is 7.54. The van der Waals surface area contributed by atoms with E-state index in [1.807, 2.05) is 23.1 Å². The highest BCUT2D eigenvalue weighted by atomic mass is 35.5. The number of benzene rings is 2. The summed E-state index contributed by atoms with van der Waals surface area (Å²) in [4.78, 5) is 27.7. The molecule has 0 bridgehead atoms. The molecule has 1 saturated heterocycles. The summed E-state index contributed by atoms with van der Waals surface area (Å²) in [5.74, 6) is -0.359. The van der Waals surface area contributed by atoms with Crippen LogP contribution in [0.3, 0.4) is 0 Å². The van der Waals surface area contributed by atoms with Crippen molar-refractivity contribution in [3.05, 3.63) is 75.5 Å². The zero-order valence-electron chi connectivity index (χ0n) is 19.6. The van der Waals surface area contributed by atoms with E-state index in [0.717, 1.165) is 5.56 Å². The van der Waals surface area contributed by atoms with Gasteiger partial charge in [-0.05, 0) is 31.0 Å². The van der Waals surface area contributed by atoms with E-state index in [4.69, 9.17) is 32.2 Å². The Hall–Kier alpha value is -2.88. The van der Waals surface area contributed by atoms with Gasteiger partial charge >= 0.3 is 7.60 Å². The van der Waals surface area contributed by atoms with Gasteiger partial charge in [-0.3, -0.25) is 24.1 Å². The standard InChI is InChI=1S/C24H24Cl2N5O5P/c25-17-5-3-6-18(26)21(17)23(32)29-19-12-27-30-22(19)24(33)28-16-8-10-31(11-9-16)14-37(34)35-13-15-4-1-2-7-20(15)36-37/h1-7,12,16H,8-11,13-14H2,(H,27,30)(H,28,33)(H,29,32). The average Bonchev–Trinajstić information content (AvgIpc) is 3.33. The first-order valence-electron chi connectivity index (χ1n) is 11.6. The Bertz CT molecular complexity index is 1350. The lowest BCUT2D eigenvalue weighted by Gasteiger charge is -2.35. The molecule has 3 N–H and O–H groups in total. The number of hydrogen-bond acceptors (Lipinski definition) is 7. The van der Waals surface area contributed by atoms with Crippen LogP contribution in [0.2, 0.25) is 10.0 Å². The van der Waals surface area contributed by atoms with Crippen LogP contribution in [0.25, 0.3) is 0 Å². The second kappa shape index (κ2) is 10.8. The summed E-state index contributed by atoms with van der Waals surface area (Å²) in [5.41, 5.74) is 1.31. The molecule has 1 fully saturated rings. The molecule has 13 heteroatoms. The third-order valence-corrected chi connectivity index (χ3v) is 8.60. The van der Waals surface area contributed by atoms with E-state index in [0.29, 0.717) is 31.7 Å². The number of carbonyl (C=O) groups is 2. The number of amides is 2. The van der Waals surface area contributed by atoms with Crippen LogP contribution in [-0.4, -0.2) is 52.3 Å². The van der Waals surface area contributed by atoms with Gasteiger partial charge in [0.05, 0.1) is 34.1 Å². The Morgan fingerprint density at radius 3 is 2.57 bits per heavy atom. The predicted octanol–water partition coefficient (Wildman–Crippen LogP) is 4.92. The lowest BCUT2D eigenvalue weighted by molar-refractivity contribution is 0.0908. The quantitative estimate of drug-likeness (QED) is 0.363. The third kappa shape index (κ3) is 5.84. The van der Waals surface area contributed by atoms with E-state index >= 15 is 0 Å². The number of aromatic nitrogens is 2. The van der Waals surface area contributed by atoms with Gasteiger partial charge in [-0.25, -0.2) is 4.57 Å². The molecule has 2 amide bonds. The number of nitrogens with one attached hydrogen (secondary N) is 3. The zero-order valence-corrected chi connectivity index (χ0v) is 22.0. The minimum absolute atomic E-state index is 0.108. The molecule has 0 spiro atoms. The Balaban J connectivity index is 1.14. The number of likely N-dealkylation sites (tertiary alicyclic amines) is 1. The van der Waals surface area contributed by atoms with Crippen molar-refractivity contribution in [2.24, 2.45) is 0 Å². The summed E-state index contributed by atoms with van der Waals surface area (Å²) < 4.78 is 24.4. The molecule has 5 rings (SSSR count). The molecule has 0 aliphatic carbocycles. The van der Waals surface area contributed by atoms with Crippen molar-refractivity contribution in [1.82, 2.24) is 20.4 Å². The van der Waals surface area contributed by atoms with Crippen LogP contribution in [0.15, 0.2) is 48.7 Å². The highest BCUT2D eigenvalue weighted by Crippen LogP contribution is 2.53. The Morgan fingerprint density at radius 2 is 1.81 bits per heavy atom. The van der Waals surface area contributed by atoms with Gasteiger partial charge in [0.25, 0.3) is 11.8 Å². The summed E-state index contributed by atoms with van der Waals surface area (Å²) >= 11 is 12.2. The van der Waals surface area contributed by atoms with Crippen LogP contribution >= 0.6 is 30.8 Å². The number of para-hydroxylation sites is 1. The molecule has 1 unspecified atom stereocenters. The van der Waals surface area contributed by atoms with Crippen molar-refractivity contribution in [3.63, 3.8) is 0 Å². The molecule has 2 aromatic carbocycles. The van der Waals surface area contributed by atoms with E-state index in [1.54, 1.807) is 24.3 Å². The number of hydrogen-bond donors (Lipinski definition) is 3. The van der Waals surface area contributed by atoms with Crippen LogP contribution < -0.4 is 15.2 Å². The molecule has 0 saturated carbocycles. The van der Waals surface area contributed by atoms with E-state index in [1.165, 1.54) is 6.20 Å². The topological polar surface area (TPSA) is 126 Å². The number of aromatic amines is 1. The lowest BCUT2D eigenvalue weighted by atomic mass is 10.1. The van der Waals surface area contributed by atoms with Crippen molar-refractivity contribution in [1.29, 1.82) is 0 Å². The second-order valence-electron chi connectivity index (χ2n) is 8.80. The third-order valence-electron chi connectivity index (χ3n) is 6.23. The normalized spacial score (nSPS) is 20.1.